The molecule has 92 valence electrons. The molecule has 0 saturated heterocycles. The third-order valence-electron chi connectivity index (χ3n) is 2.13. The van der Waals surface area contributed by atoms with Gasteiger partial charge in [0.1, 0.15) is 5.52 Å². The maximum absolute atomic E-state index is 8.71. The molecule has 0 aliphatic carbocycles. The number of anilines is 1. The average Bonchev–Trinajstić information content (AvgIpc) is 2.78. The lowest BCUT2D eigenvalue weighted by Gasteiger charge is -2.07. The molecule has 0 radical (unpaired) electrons. The van der Waals surface area contributed by atoms with Gasteiger partial charge in [0.15, 0.2) is 5.65 Å². The molecule has 0 atom stereocenters. The van der Waals surface area contributed by atoms with Crippen LogP contribution in [0.5, 0.6) is 5.88 Å². The standard InChI is InChI=1S/C10H15N5O2/c1-2-11-10-14-8-7(12-6-13-8)9(15-10)17-5-3-4-16/h6,16H,2-5H2,1H3,(H2,11,12,13,14,15). The molecule has 2 aromatic heterocycles. The van der Waals surface area contributed by atoms with E-state index in [1.54, 1.807) is 6.33 Å². The Kier molecular flexibility index (Phi) is 3.71. The summed E-state index contributed by atoms with van der Waals surface area (Å²) in [7, 11) is 0. The highest BCUT2D eigenvalue weighted by Gasteiger charge is 2.10. The van der Waals surface area contributed by atoms with Gasteiger partial charge in [-0.05, 0) is 6.92 Å². The minimum atomic E-state index is 0.0945. The largest absolute Gasteiger partial charge is 0.476 e. The van der Waals surface area contributed by atoms with E-state index >= 15 is 0 Å². The summed E-state index contributed by atoms with van der Waals surface area (Å²) in [6.07, 6.45) is 2.12. The number of ether oxygens (including phenoxy) is 1. The minimum Gasteiger partial charge on any atom is -0.476 e. The zero-order chi connectivity index (χ0) is 12.1. The first-order valence-electron chi connectivity index (χ1n) is 5.53. The number of nitrogens with zero attached hydrogens (tertiary/aromatic N) is 3. The number of fused-ring (bicyclic) bond motifs is 1. The van der Waals surface area contributed by atoms with Crippen molar-refractivity contribution in [2.24, 2.45) is 0 Å². The van der Waals surface area contributed by atoms with Gasteiger partial charge in [0.25, 0.3) is 0 Å². The van der Waals surface area contributed by atoms with Crippen molar-refractivity contribution in [3.8, 4) is 5.88 Å². The quantitative estimate of drug-likeness (QED) is 0.635. The third-order valence-corrected chi connectivity index (χ3v) is 2.13. The fourth-order valence-electron chi connectivity index (χ4n) is 1.38. The SMILES string of the molecule is CCNc1nc(OCCCO)c2[nH]cnc2n1. The number of hydrogen-bond donors (Lipinski definition) is 3. The summed E-state index contributed by atoms with van der Waals surface area (Å²) in [6.45, 7) is 3.20. The van der Waals surface area contributed by atoms with Crippen LogP contribution < -0.4 is 10.1 Å². The van der Waals surface area contributed by atoms with Crippen LogP contribution in [-0.4, -0.2) is 44.8 Å². The van der Waals surface area contributed by atoms with Crippen molar-refractivity contribution in [2.75, 3.05) is 25.1 Å². The zero-order valence-electron chi connectivity index (χ0n) is 9.60. The van der Waals surface area contributed by atoms with E-state index in [1.807, 2.05) is 6.92 Å². The Morgan fingerprint density at radius 1 is 1.47 bits per heavy atom. The van der Waals surface area contributed by atoms with E-state index in [-0.39, 0.29) is 6.61 Å². The lowest BCUT2D eigenvalue weighted by Crippen LogP contribution is -2.06. The van der Waals surface area contributed by atoms with Gasteiger partial charge in [-0.2, -0.15) is 9.97 Å². The number of nitrogens with one attached hydrogen (secondary N) is 2. The van der Waals surface area contributed by atoms with E-state index in [0.717, 1.165) is 6.54 Å². The molecular weight excluding hydrogens is 222 g/mol. The molecule has 17 heavy (non-hydrogen) atoms. The van der Waals surface area contributed by atoms with Gasteiger partial charge < -0.3 is 20.1 Å². The van der Waals surface area contributed by atoms with Crippen LogP contribution in [0, 0.1) is 0 Å². The first-order chi connectivity index (χ1) is 8.35. The van der Waals surface area contributed by atoms with Gasteiger partial charge >= 0.3 is 0 Å². The smallest absolute Gasteiger partial charge is 0.245 e. The van der Waals surface area contributed by atoms with Crippen molar-refractivity contribution < 1.29 is 9.84 Å². The molecule has 0 aromatic carbocycles. The van der Waals surface area contributed by atoms with E-state index < -0.39 is 0 Å². The predicted octanol–water partition coefficient (Wildman–Crippen LogP) is 0.546. The highest BCUT2D eigenvalue weighted by atomic mass is 16.5. The number of hydrogen-bond acceptors (Lipinski definition) is 6. The molecule has 7 heteroatoms. The van der Waals surface area contributed by atoms with Crippen molar-refractivity contribution in [1.82, 2.24) is 19.9 Å². The molecule has 0 fully saturated rings. The van der Waals surface area contributed by atoms with Crippen LogP contribution in [0.3, 0.4) is 0 Å². The van der Waals surface area contributed by atoms with E-state index in [4.69, 9.17) is 9.84 Å². The van der Waals surface area contributed by atoms with Crippen molar-refractivity contribution in [3.63, 3.8) is 0 Å². The number of aromatic amines is 1. The summed E-state index contributed by atoms with van der Waals surface area (Å²) >= 11 is 0. The van der Waals surface area contributed by atoms with E-state index in [2.05, 4.69) is 25.3 Å². The summed E-state index contributed by atoms with van der Waals surface area (Å²) in [4.78, 5) is 15.5. The van der Waals surface area contributed by atoms with Crippen LogP contribution in [0.15, 0.2) is 6.33 Å². The average molecular weight is 237 g/mol. The van der Waals surface area contributed by atoms with E-state index in [9.17, 15) is 0 Å². The van der Waals surface area contributed by atoms with Crippen LogP contribution in [0.2, 0.25) is 0 Å². The molecule has 0 saturated carbocycles. The number of imidazole rings is 1. The van der Waals surface area contributed by atoms with Crippen molar-refractivity contribution in [3.05, 3.63) is 6.33 Å². The Morgan fingerprint density at radius 2 is 2.35 bits per heavy atom. The van der Waals surface area contributed by atoms with E-state index in [0.29, 0.717) is 36.0 Å². The van der Waals surface area contributed by atoms with Crippen molar-refractivity contribution in [2.45, 2.75) is 13.3 Å². The first kappa shape index (κ1) is 11.6. The normalized spacial score (nSPS) is 10.7. The van der Waals surface area contributed by atoms with E-state index in [1.165, 1.54) is 0 Å². The summed E-state index contributed by atoms with van der Waals surface area (Å²) < 4.78 is 5.48. The number of rotatable bonds is 6. The second-order valence-corrected chi connectivity index (χ2v) is 3.41. The molecule has 2 heterocycles. The molecule has 0 spiro atoms. The highest BCUT2D eigenvalue weighted by molar-refractivity contribution is 5.76. The van der Waals surface area contributed by atoms with Gasteiger partial charge in [0.05, 0.1) is 12.9 Å². The number of aliphatic hydroxyl groups excluding tert-OH is 1. The van der Waals surface area contributed by atoms with Crippen LogP contribution in [0.4, 0.5) is 5.95 Å². The topological polar surface area (TPSA) is 96.0 Å². The molecule has 0 bridgehead atoms. The van der Waals surface area contributed by atoms with Gasteiger partial charge in [-0.15, -0.1) is 0 Å². The maximum atomic E-state index is 8.71. The van der Waals surface area contributed by atoms with Gasteiger partial charge in [-0.25, -0.2) is 4.98 Å². The molecule has 3 N–H and O–H groups in total. The second kappa shape index (κ2) is 5.44. The first-order valence-corrected chi connectivity index (χ1v) is 5.53. The predicted molar refractivity (Wildman–Crippen MR) is 63.0 cm³/mol. The molecule has 0 aliphatic rings. The van der Waals surface area contributed by atoms with Crippen molar-refractivity contribution >= 4 is 17.1 Å². The lowest BCUT2D eigenvalue weighted by atomic mass is 10.5. The van der Waals surface area contributed by atoms with Crippen LogP contribution in [-0.2, 0) is 0 Å². The Bertz CT molecular complexity index is 485. The van der Waals surface area contributed by atoms with Gasteiger partial charge in [0.2, 0.25) is 11.8 Å². The highest BCUT2D eigenvalue weighted by Crippen LogP contribution is 2.20. The Morgan fingerprint density at radius 3 is 3.12 bits per heavy atom. The zero-order valence-corrected chi connectivity index (χ0v) is 9.60. The van der Waals surface area contributed by atoms with Gasteiger partial charge in [0, 0.05) is 19.6 Å². The Hall–Kier alpha value is -1.89. The molecule has 0 unspecified atom stereocenters. The van der Waals surface area contributed by atoms with Gasteiger partial charge in [-0.1, -0.05) is 0 Å². The number of H-pyrrole nitrogens is 1. The molecule has 0 amide bonds. The Labute approximate surface area is 98.3 Å². The second-order valence-electron chi connectivity index (χ2n) is 3.41. The van der Waals surface area contributed by atoms with Crippen LogP contribution in [0.25, 0.3) is 11.2 Å². The molecule has 2 rings (SSSR count). The monoisotopic (exact) mass is 237 g/mol. The van der Waals surface area contributed by atoms with Crippen molar-refractivity contribution in [1.29, 1.82) is 0 Å². The van der Waals surface area contributed by atoms with Gasteiger partial charge in [-0.3, -0.25) is 0 Å². The summed E-state index contributed by atoms with van der Waals surface area (Å²) in [5.41, 5.74) is 1.24. The van der Waals surface area contributed by atoms with Crippen LogP contribution in [0.1, 0.15) is 13.3 Å². The Balaban J connectivity index is 2.26. The molecular formula is C10H15N5O2. The molecule has 2 aromatic rings. The number of aromatic nitrogens is 4. The lowest BCUT2D eigenvalue weighted by molar-refractivity contribution is 0.230. The summed E-state index contributed by atoms with van der Waals surface area (Å²) in [5.74, 6) is 0.947. The fraction of sp³-hybridized carbons (Fsp3) is 0.500. The fourth-order valence-corrected chi connectivity index (χ4v) is 1.38. The number of aliphatic hydroxyl groups is 1. The molecule has 0 aliphatic heterocycles. The molecule has 7 nitrogen and oxygen atoms in total. The maximum Gasteiger partial charge on any atom is 0.245 e. The summed E-state index contributed by atoms with van der Waals surface area (Å²) in [6, 6.07) is 0. The minimum absolute atomic E-state index is 0.0945. The third kappa shape index (κ3) is 2.62. The van der Waals surface area contributed by atoms with Crippen LogP contribution >= 0.6 is 0 Å². The summed E-state index contributed by atoms with van der Waals surface area (Å²) in [5, 5.41) is 11.7.